The first-order valence-electron chi connectivity index (χ1n) is 6.82. The van der Waals surface area contributed by atoms with Crippen LogP contribution in [0.1, 0.15) is 26.2 Å². The fourth-order valence-corrected chi connectivity index (χ4v) is 2.13. The van der Waals surface area contributed by atoms with Crippen molar-refractivity contribution in [1.82, 2.24) is 0 Å². The van der Waals surface area contributed by atoms with Crippen molar-refractivity contribution in [3.63, 3.8) is 0 Å². The van der Waals surface area contributed by atoms with Crippen molar-refractivity contribution in [3.05, 3.63) is 30.1 Å². The van der Waals surface area contributed by atoms with Gasteiger partial charge in [0.05, 0.1) is 6.61 Å². The summed E-state index contributed by atoms with van der Waals surface area (Å²) in [6.45, 7) is 2.80. The van der Waals surface area contributed by atoms with Gasteiger partial charge in [-0.2, -0.15) is 0 Å². The highest BCUT2D eigenvalue weighted by Gasteiger charge is 2.15. The van der Waals surface area contributed by atoms with Gasteiger partial charge < -0.3 is 15.6 Å². The molecule has 0 aliphatic carbocycles. The zero-order chi connectivity index (χ0) is 15.0. The lowest BCUT2D eigenvalue weighted by molar-refractivity contribution is -0.138. The van der Waals surface area contributed by atoms with Crippen molar-refractivity contribution in [2.45, 2.75) is 26.2 Å². The maximum atomic E-state index is 13.3. The Balaban J connectivity index is 2.30. The van der Waals surface area contributed by atoms with E-state index in [1.807, 2.05) is 6.92 Å². The van der Waals surface area contributed by atoms with Crippen LogP contribution in [0.2, 0.25) is 0 Å². The first-order chi connectivity index (χ1) is 9.52. The average Bonchev–Trinajstić information content (AvgIpc) is 2.39. The summed E-state index contributed by atoms with van der Waals surface area (Å²) in [5.74, 6) is -0.674. The second-order valence-corrected chi connectivity index (χ2v) is 5.11. The summed E-state index contributed by atoms with van der Waals surface area (Å²) < 4.78 is 18.7. The van der Waals surface area contributed by atoms with Crippen LogP contribution in [0.3, 0.4) is 0 Å². The lowest BCUT2D eigenvalue weighted by atomic mass is 9.91. The highest BCUT2D eigenvalue weighted by molar-refractivity contribution is 5.67. The second-order valence-electron chi connectivity index (χ2n) is 5.11. The summed E-state index contributed by atoms with van der Waals surface area (Å²) in [4.78, 5) is 10.7. The summed E-state index contributed by atoms with van der Waals surface area (Å²) in [5, 5.41) is 8.76. The topological polar surface area (TPSA) is 72.5 Å². The predicted molar refractivity (Wildman–Crippen MR) is 75.1 cm³/mol. The van der Waals surface area contributed by atoms with Crippen molar-refractivity contribution in [1.29, 1.82) is 0 Å². The quantitative estimate of drug-likeness (QED) is 0.731. The molecule has 0 heterocycles. The van der Waals surface area contributed by atoms with Crippen molar-refractivity contribution >= 4 is 5.97 Å². The molecule has 0 saturated heterocycles. The number of hydrogen-bond acceptors (Lipinski definition) is 3. The van der Waals surface area contributed by atoms with Gasteiger partial charge in [-0.3, -0.25) is 4.79 Å². The van der Waals surface area contributed by atoms with Gasteiger partial charge in [0.15, 0.2) is 11.6 Å². The lowest BCUT2D eigenvalue weighted by Crippen LogP contribution is -2.21. The highest BCUT2D eigenvalue weighted by atomic mass is 19.1. The number of ether oxygens (including phenoxy) is 1. The number of carboxylic acid groups (broad SMARTS) is 1. The van der Waals surface area contributed by atoms with E-state index in [0.29, 0.717) is 13.2 Å². The molecule has 0 radical (unpaired) electrons. The van der Waals surface area contributed by atoms with Crippen molar-refractivity contribution in [2.75, 3.05) is 13.2 Å². The van der Waals surface area contributed by atoms with E-state index in [4.69, 9.17) is 15.6 Å². The van der Waals surface area contributed by atoms with E-state index >= 15 is 0 Å². The van der Waals surface area contributed by atoms with E-state index < -0.39 is 5.97 Å². The first-order valence-corrected chi connectivity index (χ1v) is 6.82. The molecule has 1 aromatic rings. The Labute approximate surface area is 118 Å². The molecule has 0 unspecified atom stereocenters. The SMILES string of the molecule is C[C@H](CCOc1ccccc1F)C[C@H](CN)CC(=O)O. The number of aliphatic carboxylic acids is 1. The molecule has 0 saturated carbocycles. The molecule has 4 nitrogen and oxygen atoms in total. The average molecular weight is 283 g/mol. The molecule has 1 rings (SSSR count). The minimum atomic E-state index is -0.824. The molecule has 2 atom stereocenters. The lowest BCUT2D eigenvalue weighted by Gasteiger charge is -2.18. The Kier molecular flexibility index (Phi) is 7.01. The van der Waals surface area contributed by atoms with Crippen LogP contribution in [0.25, 0.3) is 0 Å². The predicted octanol–water partition coefficient (Wildman–Crippen LogP) is 2.67. The summed E-state index contributed by atoms with van der Waals surface area (Å²) in [5.41, 5.74) is 5.56. The molecular weight excluding hydrogens is 261 g/mol. The van der Waals surface area contributed by atoms with Crippen molar-refractivity contribution in [3.8, 4) is 5.75 Å². The molecule has 112 valence electrons. The van der Waals surface area contributed by atoms with Gasteiger partial charge in [0.25, 0.3) is 0 Å². The number of nitrogens with two attached hydrogens (primary N) is 1. The van der Waals surface area contributed by atoms with E-state index in [0.717, 1.165) is 12.8 Å². The fraction of sp³-hybridized carbons (Fsp3) is 0.533. The van der Waals surface area contributed by atoms with Gasteiger partial charge in [-0.25, -0.2) is 4.39 Å². The van der Waals surface area contributed by atoms with Gasteiger partial charge in [0.2, 0.25) is 0 Å². The minimum absolute atomic E-state index is 0.0176. The Morgan fingerprint density at radius 3 is 2.75 bits per heavy atom. The molecule has 3 N–H and O–H groups in total. The molecule has 0 aromatic heterocycles. The van der Waals surface area contributed by atoms with Gasteiger partial charge >= 0.3 is 5.97 Å². The van der Waals surface area contributed by atoms with Crippen molar-refractivity contribution in [2.24, 2.45) is 17.6 Å². The smallest absolute Gasteiger partial charge is 0.303 e. The number of carboxylic acids is 1. The van der Waals surface area contributed by atoms with Crippen LogP contribution >= 0.6 is 0 Å². The van der Waals surface area contributed by atoms with Crippen LogP contribution in [0.5, 0.6) is 5.75 Å². The summed E-state index contributed by atoms with van der Waals surface area (Å²) in [6, 6.07) is 6.28. The van der Waals surface area contributed by atoms with E-state index in [1.165, 1.54) is 6.07 Å². The number of benzene rings is 1. The van der Waals surface area contributed by atoms with Crippen LogP contribution in [0, 0.1) is 17.7 Å². The standard InChI is InChI=1S/C15H22FNO3/c1-11(8-12(10-17)9-15(18)19)6-7-20-14-5-3-2-4-13(14)16/h2-5,11-12H,6-10,17H2,1H3,(H,18,19)/t11-,12+/m1/s1. The Morgan fingerprint density at radius 2 is 2.15 bits per heavy atom. The van der Waals surface area contributed by atoms with Crippen LogP contribution in [0.4, 0.5) is 4.39 Å². The first kappa shape index (κ1) is 16.4. The van der Waals surface area contributed by atoms with E-state index in [2.05, 4.69) is 0 Å². The normalized spacial score (nSPS) is 13.8. The van der Waals surface area contributed by atoms with E-state index in [9.17, 15) is 9.18 Å². The maximum absolute atomic E-state index is 13.3. The highest BCUT2D eigenvalue weighted by Crippen LogP contribution is 2.20. The summed E-state index contributed by atoms with van der Waals surface area (Å²) in [7, 11) is 0. The molecule has 0 spiro atoms. The third kappa shape index (κ3) is 6.02. The molecule has 0 aliphatic heterocycles. The van der Waals surface area contributed by atoms with Gasteiger partial charge in [-0.15, -0.1) is 0 Å². The van der Waals surface area contributed by atoms with Crippen LogP contribution in [-0.4, -0.2) is 24.2 Å². The molecular formula is C15H22FNO3. The molecule has 1 aromatic carbocycles. The maximum Gasteiger partial charge on any atom is 0.303 e. The van der Waals surface area contributed by atoms with E-state index in [1.54, 1.807) is 18.2 Å². The summed E-state index contributed by atoms with van der Waals surface area (Å²) in [6.07, 6.45) is 1.57. The second kappa shape index (κ2) is 8.53. The number of halogens is 1. The van der Waals surface area contributed by atoms with Crippen molar-refractivity contribution < 1.29 is 19.0 Å². The monoisotopic (exact) mass is 283 g/mol. The van der Waals surface area contributed by atoms with Gasteiger partial charge in [0, 0.05) is 6.42 Å². The Morgan fingerprint density at radius 1 is 1.45 bits per heavy atom. The molecule has 5 heteroatoms. The molecule has 0 amide bonds. The number of hydrogen-bond donors (Lipinski definition) is 2. The number of rotatable bonds is 9. The zero-order valence-electron chi connectivity index (χ0n) is 11.7. The third-order valence-corrected chi connectivity index (χ3v) is 3.24. The zero-order valence-corrected chi connectivity index (χ0v) is 11.7. The summed E-state index contributed by atoms with van der Waals surface area (Å²) >= 11 is 0. The van der Waals surface area contributed by atoms with Gasteiger partial charge in [-0.1, -0.05) is 19.1 Å². The van der Waals surface area contributed by atoms with Gasteiger partial charge in [-0.05, 0) is 43.4 Å². The molecule has 20 heavy (non-hydrogen) atoms. The third-order valence-electron chi connectivity index (χ3n) is 3.24. The molecule has 0 aliphatic rings. The Bertz CT molecular complexity index is 425. The van der Waals surface area contributed by atoms with Crippen LogP contribution in [0.15, 0.2) is 24.3 Å². The number of para-hydroxylation sites is 1. The molecule has 0 fully saturated rings. The largest absolute Gasteiger partial charge is 0.491 e. The van der Waals surface area contributed by atoms with Crippen LogP contribution in [-0.2, 0) is 4.79 Å². The number of carbonyl (C=O) groups is 1. The minimum Gasteiger partial charge on any atom is -0.491 e. The molecule has 0 bridgehead atoms. The van der Waals surface area contributed by atoms with Crippen LogP contribution < -0.4 is 10.5 Å². The fourth-order valence-electron chi connectivity index (χ4n) is 2.13. The van der Waals surface area contributed by atoms with Gasteiger partial charge in [0.1, 0.15) is 0 Å². The van der Waals surface area contributed by atoms with E-state index in [-0.39, 0.29) is 29.8 Å². The Hall–Kier alpha value is -1.62.